The zero-order valence-corrected chi connectivity index (χ0v) is 18.2. The molecule has 6 nitrogen and oxygen atoms in total. The van der Waals surface area contributed by atoms with Gasteiger partial charge in [-0.2, -0.15) is 0 Å². The van der Waals surface area contributed by atoms with E-state index < -0.39 is 23.9 Å². The van der Waals surface area contributed by atoms with Crippen molar-refractivity contribution in [1.82, 2.24) is 0 Å². The molecule has 0 spiro atoms. The molecule has 0 aliphatic rings. The van der Waals surface area contributed by atoms with Crippen molar-refractivity contribution in [2.45, 2.75) is 18.9 Å². The number of nitrogens with two attached hydrogens (primary N) is 1. The van der Waals surface area contributed by atoms with E-state index in [1.165, 1.54) is 13.0 Å². The summed E-state index contributed by atoms with van der Waals surface area (Å²) in [7, 11) is 0. The maximum absolute atomic E-state index is 14.2. The van der Waals surface area contributed by atoms with Crippen LogP contribution in [0.4, 0.5) is 15.8 Å². The fraction of sp³-hybridized carbons (Fsp3) is 0.278. The third kappa shape index (κ3) is 6.03. The minimum Gasteiger partial charge on any atom is -0.493 e. The number of anilines is 2. The average Bonchev–Trinajstić information content (AvgIpc) is 2.56. The van der Waals surface area contributed by atoms with E-state index in [1.54, 1.807) is 24.3 Å². The molecule has 1 amide bonds. The summed E-state index contributed by atoms with van der Waals surface area (Å²) in [6, 6.07) is 7.79. The molecule has 1 atom stereocenters. The van der Waals surface area contributed by atoms with Crippen LogP contribution in [0, 0.1) is 9.39 Å². The molecule has 0 aromatic heterocycles. The van der Waals surface area contributed by atoms with Crippen molar-refractivity contribution in [2.75, 3.05) is 18.5 Å². The number of rotatable bonds is 8. The number of hydrogen-bond donors (Lipinski definition) is 4. The van der Waals surface area contributed by atoms with Gasteiger partial charge in [-0.1, -0.05) is 15.9 Å². The third-order valence-corrected chi connectivity index (χ3v) is 4.88. The molecule has 146 valence electrons. The first-order valence-corrected chi connectivity index (χ1v) is 9.81. The topological polar surface area (TPSA) is 105 Å². The second-order valence-electron chi connectivity index (χ2n) is 6.19. The summed E-state index contributed by atoms with van der Waals surface area (Å²) in [4.78, 5) is 12.0. The molecule has 0 fully saturated rings. The Morgan fingerprint density at radius 1 is 1.37 bits per heavy atom. The van der Waals surface area contributed by atoms with E-state index >= 15 is 0 Å². The molecule has 27 heavy (non-hydrogen) atoms. The largest absolute Gasteiger partial charge is 0.493 e. The summed E-state index contributed by atoms with van der Waals surface area (Å²) in [5.41, 5.74) is 4.72. The van der Waals surface area contributed by atoms with E-state index in [0.29, 0.717) is 4.47 Å². The van der Waals surface area contributed by atoms with Gasteiger partial charge < -0.3 is 26.0 Å². The Balaban J connectivity index is 2.34. The second kappa shape index (κ2) is 9.18. The van der Waals surface area contributed by atoms with Gasteiger partial charge in [0.1, 0.15) is 17.1 Å². The molecule has 9 heteroatoms. The van der Waals surface area contributed by atoms with E-state index in [4.69, 9.17) is 15.6 Å². The van der Waals surface area contributed by atoms with Crippen LogP contribution >= 0.6 is 38.5 Å². The normalized spacial score (nSPS) is 13.1. The molecular weight excluding hydrogens is 534 g/mol. The lowest BCUT2D eigenvalue weighted by atomic mass is 10.1. The Hall–Kier alpha value is -1.43. The third-order valence-electron chi connectivity index (χ3n) is 3.75. The van der Waals surface area contributed by atoms with Crippen LogP contribution in [0.25, 0.3) is 0 Å². The van der Waals surface area contributed by atoms with Crippen molar-refractivity contribution in [2.24, 2.45) is 5.73 Å². The van der Waals surface area contributed by atoms with Crippen LogP contribution in [-0.4, -0.2) is 34.9 Å². The molecule has 0 bridgehead atoms. The highest BCUT2D eigenvalue weighted by atomic mass is 127. The number of ether oxygens (including phenoxy) is 1. The average molecular weight is 553 g/mol. The van der Waals surface area contributed by atoms with Gasteiger partial charge in [0.2, 0.25) is 0 Å². The molecule has 0 heterocycles. The minimum absolute atomic E-state index is 0.0433. The quantitative estimate of drug-likeness (QED) is 0.375. The van der Waals surface area contributed by atoms with E-state index in [9.17, 15) is 14.3 Å². The number of carbonyl (C=O) groups is 1. The molecule has 2 rings (SSSR count). The summed E-state index contributed by atoms with van der Waals surface area (Å²) in [6.45, 7) is 1.09. The summed E-state index contributed by atoms with van der Waals surface area (Å²) in [5, 5.41) is 21.8. The number of benzene rings is 2. The zero-order valence-electron chi connectivity index (χ0n) is 14.4. The lowest BCUT2D eigenvalue weighted by molar-refractivity contribution is -0.0139. The first kappa shape index (κ1) is 21.9. The lowest BCUT2D eigenvalue weighted by Gasteiger charge is -2.21. The highest BCUT2D eigenvalue weighted by molar-refractivity contribution is 14.1. The first-order valence-electron chi connectivity index (χ1n) is 7.94. The number of nitrogens with one attached hydrogen (secondary N) is 1. The van der Waals surface area contributed by atoms with Crippen LogP contribution in [0.1, 0.15) is 23.7 Å². The van der Waals surface area contributed by atoms with Crippen molar-refractivity contribution in [3.8, 4) is 5.75 Å². The van der Waals surface area contributed by atoms with Crippen molar-refractivity contribution < 1.29 is 24.1 Å². The molecule has 0 aliphatic carbocycles. The van der Waals surface area contributed by atoms with E-state index in [-0.39, 0.29) is 35.7 Å². The molecule has 0 unspecified atom stereocenters. The molecule has 0 aliphatic heterocycles. The fourth-order valence-corrected chi connectivity index (χ4v) is 3.13. The maximum Gasteiger partial charge on any atom is 0.254 e. The number of primary amides is 1. The highest BCUT2D eigenvalue weighted by Gasteiger charge is 2.21. The van der Waals surface area contributed by atoms with Crippen molar-refractivity contribution in [3.05, 3.63) is 49.8 Å². The Morgan fingerprint density at radius 3 is 2.67 bits per heavy atom. The summed E-state index contributed by atoms with van der Waals surface area (Å²) in [6.07, 6.45) is 0.142. The Bertz CT molecular complexity index is 848. The Kier molecular flexibility index (Phi) is 7.43. The molecule has 2 aromatic carbocycles. The van der Waals surface area contributed by atoms with E-state index in [0.717, 1.165) is 3.57 Å². The number of aliphatic hydroxyl groups excluding tert-OH is 1. The maximum atomic E-state index is 14.2. The summed E-state index contributed by atoms with van der Waals surface area (Å²) in [5.74, 6) is -1.04. The minimum atomic E-state index is -1.30. The van der Waals surface area contributed by atoms with Crippen LogP contribution in [0.2, 0.25) is 0 Å². The van der Waals surface area contributed by atoms with Gasteiger partial charge in [0.05, 0.1) is 30.2 Å². The van der Waals surface area contributed by atoms with Gasteiger partial charge in [0.15, 0.2) is 0 Å². The van der Waals surface area contributed by atoms with Crippen LogP contribution in [0.3, 0.4) is 0 Å². The van der Waals surface area contributed by atoms with Crippen molar-refractivity contribution in [3.63, 3.8) is 0 Å². The molecule has 0 radical (unpaired) electrons. The van der Waals surface area contributed by atoms with Crippen LogP contribution < -0.4 is 15.8 Å². The van der Waals surface area contributed by atoms with Gasteiger partial charge >= 0.3 is 0 Å². The molecule has 5 N–H and O–H groups in total. The van der Waals surface area contributed by atoms with Crippen molar-refractivity contribution in [1.29, 1.82) is 0 Å². The number of amides is 1. The fourth-order valence-electron chi connectivity index (χ4n) is 2.24. The number of carbonyl (C=O) groups excluding carboxylic acids is 1. The molecular formula is C18H19BrFIN2O4. The standard InChI is InChI=1S/C18H19BrFIN2O4/c1-18(26,9-24)4-5-27-15-7-10(19)6-14(16(15)17(22)25)23-13-3-2-11(21)8-12(13)20/h2-3,6-8,23-24,26H,4-5,9H2,1H3,(H2,22,25)/t18-/m1/s1. The zero-order chi connectivity index (χ0) is 20.2. The van der Waals surface area contributed by atoms with Crippen LogP contribution in [-0.2, 0) is 0 Å². The van der Waals surface area contributed by atoms with Crippen molar-refractivity contribution >= 4 is 55.8 Å². The Labute approximate surface area is 178 Å². The number of aliphatic hydroxyl groups is 2. The van der Waals surface area contributed by atoms with Gasteiger partial charge in [-0.25, -0.2) is 4.39 Å². The van der Waals surface area contributed by atoms with Gasteiger partial charge in [-0.15, -0.1) is 0 Å². The number of hydrogen-bond acceptors (Lipinski definition) is 5. The van der Waals surface area contributed by atoms with Gasteiger partial charge in [-0.05, 0) is 59.8 Å². The molecule has 0 saturated carbocycles. The van der Waals surface area contributed by atoms with Gasteiger partial charge in [0, 0.05) is 14.5 Å². The van der Waals surface area contributed by atoms with E-state index in [2.05, 4.69) is 21.2 Å². The summed E-state index contributed by atoms with van der Waals surface area (Å²) < 4.78 is 21.1. The summed E-state index contributed by atoms with van der Waals surface area (Å²) >= 11 is 5.33. The monoisotopic (exact) mass is 552 g/mol. The van der Waals surface area contributed by atoms with Gasteiger partial charge in [-0.3, -0.25) is 4.79 Å². The lowest BCUT2D eigenvalue weighted by Crippen LogP contribution is -2.31. The molecule has 0 saturated heterocycles. The van der Waals surface area contributed by atoms with E-state index in [1.807, 2.05) is 22.6 Å². The second-order valence-corrected chi connectivity index (χ2v) is 8.35. The molecule has 2 aromatic rings. The van der Waals surface area contributed by atoms with Gasteiger partial charge in [0.25, 0.3) is 5.91 Å². The Morgan fingerprint density at radius 2 is 2.07 bits per heavy atom. The predicted molar refractivity (Wildman–Crippen MR) is 113 cm³/mol. The number of halogens is 3. The SMILES string of the molecule is C[C@](O)(CO)CCOc1cc(Br)cc(Nc2ccc(I)cc2F)c1C(N)=O. The highest BCUT2D eigenvalue weighted by Crippen LogP contribution is 2.34. The predicted octanol–water partition coefficient (Wildman–Crippen LogP) is 3.55. The van der Waals surface area contributed by atoms with Crippen LogP contribution in [0.15, 0.2) is 34.8 Å². The smallest absolute Gasteiger partial charge is 0.254 e. The first-order chi connectivity index (χ1) is 12.6. The van der Waals surface area contributed by atoms with Crippen LogP contribution in [0.5, 0.6) is 5.75 Å².